The van der Waals surface area contributed by atoms with Gasteiger partial charge in [0.15, 0.2) is 18.9 Å². The van der Waals surface area contributed by atoms with E-state index in [9.17, 15) is 98.7 Å². The summed E-state index contributed by atoms with van der Waals surface area (Å²) in [6.07, 6.45) is -14.8. The van der Waals surface area contributed by atoms with Crippen LogP contribution < -0.4 is 31.9 Å². The molecular formula is C68H115N11O30. The van der Waals surface area contributed by atoms with Crippen LogP contribution in [0.1, 0.15) is 98.8 Å². The summed E-state index contributed by atoms with van der Waals surface area (Å²) in [5.41, 5.74) is 0. The van der Waals surface area contributed by atoms with Crippen LogP contribution in [0.15, 0.2) is 0 Å². The van der Waals surface area contributed by atoms with Crippen LogP contribution in [-0.4, -0.2) is 403 Å². The number of nitrogens with one attached hydrogen (secondary N) is 6. The molecule has 11 amide bonds. The maximum Gasteiger partial charge on any atom is 0.243 e. The van der Waals surface area contributed by atoms with Gasteiger partial charge in [-0.3, -0.25) is 52.7 Å². The summed E-state index contributed by atoms with van der Waals surface area (Å²) in [5.74, 6) is -5.72. The summed E-state index contributed by atoms with van der Waals surface area (Å²) >= 11 is 0. The van der Waals surface area contributed by atoms with Gasteiger partial charge in [0.1, 0.15) is 99.2 Å². The second kappa shape index (κ2) is 47.1. The van der Waals surface area contributed by atoms with E-state index in [1.165, 1.54) is 20.8 Å². The molecule has 15 unspecified atom stereocenters. The van der Waals surface area contributed by atoms with Gasteiger partial charge in [0, 0.05) is 78.2 Å². The number of carbonyl (C=O) groups excluding carboxylic acids is 11. The van der Waals surface area contributed by atoms with Crippen molar-refractivity contribution >= 4 is 65.0 Å². The first-order chi connectivity index (χ1) is 52.0. The first-order valence-electron chi connectivity index (χ1n) is 37.2. The number of amides is 11. The summed E-state index contributed by atoms with van der Waals surface area (Å²) in [6.45, 7) is 3.69. The van der Waals surface area contributed by atoms with E-state index in [0.717, 1.165) is 9.80 Å². The summed E-state index contributed by atoms with van der Waals surface area (Å²) in [6, 6.07) is -4.80. The molecule has 6 aliphatic heterocycles. The highest BCUT2D eigenvalue weighted by atomic mass is 16.7. The summed E-state index contributed by atoms with van der Waals surface area (Å²) in [7, 11) is 0. The van der Waals surface area contributed by atoms with Gasteiger partial charge in [-0.1, -0.05) is 0 Å². The molecule has 622 valence electrons. The molecule has 0 spiro atoms. The highest BCUT2D eigenvalue weighted by Gasteiger charge is 2.48. The maximum absolute atomic E-state index is 14.6. The molecule has 6 fully saturated rings. The number of hydrogen-bond acceptors (Lipinski definition) is 30. The third-order valence-corrected chi connectivity index (χ3v) is 19.1. The number of nitrogens with zero attached hydrogens (tertiary/aromatic N) is 5. The molecule has 6 aliphatic rings. The Hall–Kier alpha value is -6.59. The smallest absolute Gasteiger partial charge is 0.243 e. The van der Waals surface area contributed by atoms with Crippen LogP contribution in [0.2, 0.25) is 0 Å². The Kier molecular flexibility index (Phi) is 39.4. The van der Waals surface area contributed by atoms with Crippen molar-refractivity contribution in [2.24, 2.45) is 0 Å². The maximum atomic E-state index is 14.6. The van der Waals surface area contributed by atoms with Crippen molar-refractivity contribution in [3.63, 3.8) is 0 Å². The lowest BCUT2D eigenvalue weighted by atomic mass is 9.97. The van der Waals surface area contributed by atoms with Gasteiger partial charge in [-0.05, 0) is 52.4 Å². The van der Waals surface area contributed by atoms with Crippen molar-refractivity contribution in [1.29, 1.82) is 0 Å². The van der Waals surface area contributed by atoms with Crippen LogP contribution in [-0.2, 0) is 100 Å². The molecule has 0 aliphatic carbocycles. The molecule has 6 saturated heterocycles. The normalized spacial score (nSPS) is 27.1. The molecule has 0 aromatic carbocycles. The zero-order valence-corrected chi connectivity index (χ0v) is 62.6. The van der Waals surface area contributed by atoms with E-state index < -0.39 is 203 Å². The fourth-order valence-electron chi connectivity index (χ4n) is 13.2. The number of aliphatic hydroxyl groups excluding tert-OH is 9. The molecule has 109 heavy (non-hydrogen) atoms. The van der Waals surface area contributed by atoms with E-state index in [-0.39, 0.29) is 155 Å². The average molecular weight is 1570 g/mol. The van der Waals surface area contributed by atoms with Gasteiger partial charge in [0.05, 0.1) is 118 Å². The minimum absolute atomic E-state index is 0.00304. The molecule has 0 radical (unpaired) electrons. The van der Waals surface area contributed by atoms with Gasteiger partial charge in [-0.2, -0.15) is 0 Å². The van der Waals surface area contributed by atoms with Gasteiger partial charge in [-0.15, -0.1) is 0 Å². The Morgan fingerprint density at radius 2 is 0.661 bits per heavy atom. The van der Waals surface area contributed by atoms with Gasteiger partial charge in [-0.25, -0.2) is 0 Å². The molecule has 6 heterocycles. The Labute approximate surface area is 631 Å². The Morgan fingerprint density at radius 1 is 0.376 bits per heavy atom. The van der Waals surface area contributed by atoms with E-state index in [1.54, 1.807) is 28.5 Å². The van der Waals surface area contributed by atoms with Gasteiger partial charge >= 0.3 is 0 Å². The number of hydrogen-bond donors (Lipinski definition) is 15. The SMILES string of the molecule is CC(=O)NC1C(OCCOCCC(=O)N2CCC(NC(=O)CN(CC(=O)NC3CCN(C(=O)CCOCCOC4OC(CO)C(O)C(O)C4NC(C)=O)CC3)C(=O)CN(CC(=O)NC3CCN(C(=O)CCOCCOC4OC(CO)C(O)C(O)C4NC(C)=O)CC3)C(=O)CCOC(C)C)CC2)OC(CO)C(O)C1O. The number of aliphatic hydroxyl groups is 9. The van der Waals surface area contributed by atoms with Crippen molar-refractivity contribution < 1.29 is 146 Å². The monoisotopic (exact) mass is 1570 g/mol. The second-order valence-electron chi connectivity index (χ2n) is 27.8. The van der Waals surface area contributed by atoms with Crippen molar-refractivity contribution in [1.82, 2.24) is 56.4 Å². The Morgan fingerprint density at radius 3 is 0.927 bits per heavy atom. The summed E-state index contributed by atoms with van der Waals surface area (Å²) in [4.78, 5) is 152. The largest absolute Gasteiger partial charge is 0.394 e. The number of carbonyl (C=O) groups is 11. The number of ether oxygens (including phenoxy) is 10. The van der Waals surface area contributed by atoms with E-state index in [2.05, 4.69) is 31.9 Å². The van der Waals surface area contributed by atoms with Crippen molar-refractivity contribution in [2.45, 2.75) is 215 Å². The third kappa shape index (κ3) is 30.1. The van der Waals surface area contributed by atoms with Crippen LogP contribution in [0.25, 0.3) is 0 Å². The fourth-order valence-corrected chi connectivity index (χ4v) is 13.2. The lowest BCUT2D eigenvalue weighted by molar-refractivity contribution is -0.272. The van der Waals surface area contributed by atoms with Crippen LogP contribution in [0.5, 0.6) is 0 Å². The second-order valence-corrected chi connectivity index (χ2v) is 27.8. The van der Waals surface area contributed by atoms with Crippen LogP contribution in [0.3, 0.4) is 0 Å². The minimum Gasteiger partial charge on any atom is -0.394 e. The highest BCUT2D eigenvalue weighted by Crippen LogP contribution is 2.26. The van der Waals surface area contributed by atoms with Crippen molar-refractivity contribution in [3.05, 3.63) is 0 Å². The third-order valence-electron chi connectivity index (χ3n) is 19.1. The van der Waals surface area contributed by atoms with Gasteiger partial charge in [0.2, 0.25) is 65.0 Å². The first-order valence-corrected chi connectivity index (χ1v) is 37.2. The minimum atomic E-state index is -1.50. The van der Waals surface area contributed by atoms with Crippen LogP contribution in [0, 0.1) is 0 Å². The number of likely N-dealkylation sites (tertiary alicyclic amines) is 3. The Balaban J connectivity index is 0.996. The quantitative estimate of drug-likeness (QED) is 0.0252. The standard InChI is InChI=1S/C68H115N11O30/c1-39(2)103-25-15-55(92)79(34-51(88)74-45-10-20-77(21-11-45)54(91)14-24-102-28-31-106-68-59(71-42(5)85)65(99)62(96)48(38-82)109-68)35-56(93)78(32-49(86)72-43-6-16-75(17-7-43)52(89)12-22-100-26-29-104-66-57(69-40(3)83)63(97)60(94)46(36-80)107-66)33-50(87)73-44-8-18-76(19-9-44)53(90)13-23-101-27-30-105-67-58(70-41(4)84)64(98)61(95)47(37-81)108-67/h39,43-48,57-68,80-82,94-99H,6-38H2,1-5H3,(H,69,83)(H,70,84)(H,71,85)(H,72,86)(H,73,87)(H,74,88). The molecule has 41 nitrogen and oxygen atoms in total. The van der Waals surface area contributed by atoms with Crippen molar-refractivity contribution in [3.8, 4) is 0 Å². The van der Waals surface area contributed by atoms with E-state index in [1.807, 2.05) is 0 Å². The lowest BCUT2D eigenvalue weighted by Gasteiger charge is -2.42. The topological polar surface area (TPSA) is 551 Å². The highest BCUT2D eigenvalue weighted by molar-refractivity contribution is 5.93. The van der Waals surface area contributed by atoms with E-state index in [0.29, 0.717) is 38.5 Å². The average Bonchev–Trinajstić information content (AvgIpc) is 0.815. The molecular weight excluding hydrogens is 1450 g/mol. The Bertz CT molecular complexity index is 2780. The molecule has 0 bridgehead atoms. The molecule has 0 saturated carbocycles. The first kappa shape index (κ1) is 91.3. The molecule has 0 aromatic rings. The molecule has 0 aromatic heterocycles. The summed E-state index contributed by atoms with van der Waals surface area (Å²) < 4.78 is 56.1. The predicted octanol–water partition coefficient (Wildman–Crippen LogP) is -9.12. The number of rotatable bonds is 42. The molecule has 6 rings (SSSR count). The zero-order chi connectivity index (χ0) is 79.9. The van der Waals surface area contributed by atoms with Crippen LogP contribution >= 0.6 is 0 Å². The van der Waals surface area contributed by atoms with Gasteiger partial charge < -0.3 is 150 Å². The predicted molar refractivity (Wildman–Crippen MR) is 372 cm³/mol. The van der Waals surface area contributed by atoms with Gasteiger partial charge in [0.25, 0.3) is 0 Å². The molecule has 15 N–H and O–H groups in total. The number of piperidine rings is 3. The summed E-state index contributed by atoms with van der Waals surface area (Å²) in [5, 5.41) is 107. The van der Waals surface area contributed by atoms with E-state index in [4.69, 9.17) is 47.4 Å². The fraction of sp³-hybridized carbons (Fsp3) is 0.838. The molecule has 15 atom stereocenters. The lowest BCUT2D eigenvalue weighted by Crippen LogP contribution is -2.64. The van der Waals surface area contributed by atoms with Crippen LogP contribution in [0.4, 0.5) is 0 Å². The zero-order valence-electron chi connectivity index (χ0n) is 62.6. The van der Waals surface area contributed by atoms with Crippen molar-refractivity contribution in [2.75, 3.05) is 151 Å². The van der Waals surface area contributed by atoms with E-state index >= 15 is 0 Å². The molecule has 41 heteroatoms.